The second-order valence-electron chi connectivity index (χ2n) is 6.97. The normalized spacial score (nSPS) is 15.0. The maximum atomic E-state index is 12.5. The summed E-state index contributed by atoms with van der Waals surface area (Å²) in [4.78, 5) is 21.5. The molecular formula is C21H25N5O2. The number of nitrogens with zero attached hydrogens (tertiary/aromatic N) is 4. The van der Waals surface area contributed by atoms with E-state index in [-0.39, 0.29) is 5.91 Å². The van der Waals surface area contributed by atoms with Gasteiger partial charge in [0.1, 0.15) is 5.75 Å². The number of benzene rings is 2. The van der Waals surface area contributed by atoms with Gasteiger partial charge in [-0.05, 0) is 24.3 Å². The Morgan fingerprint density at radius 1 is 1.07 bits per heavy atom. The standard InChI is InChI=1S/C21H25N5O2/c1-24-17-8-4-3-7-16(17)22-21(24)23-20(27)15-25-11-13-26(14-12-25)18-9-5-6-10-19(18)28-2/h3-10H,11-15H2,1-2H3,(H,22,23,27). The van der Waals surface area contributed by atoms with Crippen molar-refractivity contribution in [2.45, 2.75) is 0 Å². The molecule has 1 N–H and O–H groups in total. The lowest BCUT2D eigenvalue weighted by atomic mass is 10.2. The highest BCUT2D eigenvalue weighted by Gasteiger charge is 2.21. The van der Waals surface area contributed by atoms with E-state index in [0.717, 1.165) is 48.6 Å². The monoisotopic (exact) mass is 379 g/mol. The summed E-state index contributed by atoms with van der Waals surface area (Å²) in [5.41, 5.74) is 2.99. The molecule has 3 aromatic rings. The molecule has 4 rings (SSSR count). The van der Waals surface area contributed by atoms with Crippen molar-refractivity contribution in [3.63, 3.8) is 0 Å². The van der Waals surface area contributed by atoms with E-state index >= 15 is 0 Å². The van der Waals surface area contributed by atoms with Gasteiger partial charge in [-0.1, -0.05) is 24.3 Å². The van der Waals surface area contributed by atoms with Crippen molar-refractivity contribution in [1.82, 2.24) is 14.5 Å². The maximum Gasteiger partial charge on any atom is 0.240 e. The fourth-order valence-corrected chi connectivity index (χ4v) is 3.66. The third-order valence-electron chi connectivity index (χ3n) is 5.20. The van der Waals surface area contributed by atoms with Gasteiger partial charge in [-0.3, -0.25) is 15.0 Å². The van der Waals surface area contributed by atoms with Gasteiger partial charge in [-0.15, -0.1) is 0 Å². The summed E-state index contributed by atoms with van der Waals surface area (Å²) >= 11 is 0. The zero-order valence-corrected chi connectivity index (χ0v) is 16.3. The lowest BCUT2D eigenvalue weighted by Crippen LogP contribution is -2.48. The van der Waals surface area contributed by atoms with E-state index in [0.29, 0.717) is 12.5 Å². The van der Waals surface area contributed by atoms with Gasteiger partial charge in [-0.2, -0.15) is 0 Å². The Balaban J connectivity index is 1.34. The van der Waals surface area contributed by atoms with Gasteiger partial charge >= 0.3 is 0 Å². The van der Waals surface area contributed by atoms with E-state index < -0.39 is 0 Å². The molecule has 0 aliphatic carbocycles. The molecule has 1 amide bonds. The first-order chi connectivity index (χ1) is 13.7. The van der Waals surface area contributed by atoms with Gasteiger partial charge in [0.05, 0.1) is 30.4 Å². The number of para-hydroxylation sites is 4. The smallest absolute Gasteiger partial charge is 0.240 e. The summed E-state index contributed by atoms with van der Waals surface area (Å²) in [7, 11) is 3.61. The van der Waals surface area contributed by atoms with E-state index in [4.69, 9.17) is 4.74 Å². The van der Waals surface area contributed by atoms with Gasteiger partial charge in [0.25, 0.3) is 0 Å². The van der Waals surface area contributed by atoms with Crippen LogP contribution in [0.15, 0.2) is 48.5 Å². The number of hydrogen-bond donors (Lipinski definition) is 1. The number of carbonyl (C=O) groups is 1. The summed E-state index contributed by atoms with van der Waals surface area (Å²) in [5, 5.41) is 2.95. The number of ether oxygens (including phenoxy) is 1. The second kappa shape index (κ2) is 7.90. The fourth-order valence-electron chi connectivity index (χ4n) is 3.66. The van der Waals surface area contributed by atoms with Crippen LogP contribution in [0.2, 0.25) is 0 Å². The van der Waals surface area contributed by atoms with Gasteiger partial charge in [0.15, 0.2) is 0 Å². The van der Waals surface area contributed by atoms with Crippen molar-refractivity contribution in [1.29, 1.82) is 0 Å². The highest BCUT2D eigenvalue weighted by Crippen LogP contribution is 2.28. The first-order valence-corrected chi connectivity index (χ1v) is 9.47. The SMILES string of the molecule is COc1ccccc1N1CCN(CC(=O)Nc2nc3ccccc3n2C)CC1. The fraction of sp³-hybridized carbons (Fsp3) is 0.333. The third-order valence-corrected chi connectivity index (χ3v) is 5.20. The topological polar surface area (TPSA) is 62.6 Å². The van der Waals surface area contributed by atoms with E-state index in [2.05, 4.69) is 26.2 Å². The van der Waals surface area contributed by atoms with Crippen LogP contribution in [0.3, 0.4) is 0 Å². The molecule has 28 heavy (non-hydrogen) atoms. The zero-order valence-electron chi connectivity index (χ0n) is 16.3. The summed E-state index contributed by atoms with van der Waals surface area (Å²) in [6.07, 6.45) is 0. The van der Waals surface area contributed by atoms with Gasteiger partial charge in [-0.25, -0.2) is 4.98 Å². The Morgan fingerprint density at radius 3 is 2.54 bits per heavy atom. The molecule has 1 saturated heterocycles. The van der Waals surface area contributed by atoms with Crippen LogP contribution in [0.4, 0.5) is 11.6 Å². The summed E-state index contributed by atoms with van der Waals surface area (Å²) in [5.74, 6) is 1.43. The Kier molecular flexibility index (Phi) is 5.16. The number of carbonyl (C=O) groups excluding carboxylic acids is 1. The lowest BCUT2D eigenvalue weighted by molar-refractivity contribution is -0.117. The number of nitrogens with one attached hydrogen (secondary N) is 1. The van der Waals surface area contributed by atoms with Gasteiger partial charge in [0, 0.05) is 33.2 Å². The second-order valence-corrected chi connectivity index (χ2v) is 6.97. The van der Waals surface area contributed by atoms with Crippen LogP contribution in [0.5, 0.6) is 5.75 Å². The molecule has 0 unspecified atom stereocenters. The Hall–Kier alpha value is -3.06. The third kappa shape index (κ3) is 3.66. The van der Waals surface area contributed by atoms with E-state index in [9.17, 15) is 4.79 Å². The number of anilines is 2. The molecule has 1 aliphatic rings. The molecule has 1 fully saturated rings. The highest BCUT2D eigenvalue weighted by molar-refractivity contribution is 5.92. The van der Waals surface area contributed by atoms with Crippen LogP contribution in [0.25, 0.3) is 11.0 Å². The summed E-state index contributed by atoms with van der Waals surface area (Å²) < 4.78 is 7.37. The average molecular weight is 379 g/mol. The minimum atomic E-state index is -0.0378. The average Bonchev–Trinajstić information content (AvgIpc) is 3.04. The van der Waals surface area contributed by atoms with E-state index in [1.165, 1.54) is 0 Å². The van der Waals surface area contributed by atoms with Crippen LogP contribution in [0.1, 0.15) is 0 Å². The molecule has 7 nitrogen and oxygen atoms in total. The number of methoxy groups -OCH3 is 1. The van der Waals surface area contributed by atoms with Crippen LogP contribution >= 0.6 is 0 Å². The van der Waals surface area contributed by atoms with Crippen molar-refractivity contribution in [2.24, 2.45) is 7.05 Å². The molecule has 0 atom stereocenters. The molecule has 2 heterocycles. The van der Waals surface area contributed by atoms with Crippen molar-refractivity contribution in [2.75, 3.05) is 50.1 Å². The predicted molar refractivity (Wildman–Crippen MR) is 111 cm³/mol. The first-order valence-electron chi connectivity index (χ1n) is 9.47. The largest absolute Gasteiger partial charge is 0.495 e. The van der Waals surface area contributed by atoms with Crippen molar-refractivity contribution in [3.05, 3.63) is 48.5 Å². The molecule has 0 saturated carbocycles. The number of aromatic nitrogens is 2. The number of hydrogen-bond acceptors (Lipinski definition) is 5. The highest BCUT2D eigenvalue weighted by atomic mass is 16.5. The maximum absolute atomic E-state index is 12.5. The van der Waals surface area contributed by atoms with Crippen LogP contribution < -0.4 is 15.0 Å². The lowest BCUT2D eigenvalue weighted by Gasteiger charge is -2.36. The Bertz CT molecular complexity index is 976. The Labute approximate surface area is 164 Å². The minimum absolute atomic E-state index is 0.0378. The first kappa shape index (κ1) is 18.3. The molecule has 0 spiro atoms. The minimum Gasteiger partial charge on any atom is -0.495 e. The quantitative estimate of drug-likeness (QED) is 0.737. The summed E-state index contributed by atoms with van der Waals surface area (Å²) in [6.45, 7) is 3.74. The molecule has 2 aromatic carbocycles. The number of imidazole rings is 1. The predicted octanol–water partition coefficient (Wildman–Crippen LogP) is 2.34. The molecule has 146 valence electrons. The van der Waals surface area contributed by atoms with Crippen LogP contribution in [0, 0.1) is 0 Å². The van der Waals surface area contributed by atoms with Crippen molar-refractivity contribution in [3.8, 4) is 5.75 Å². The number of aryl methyl sites for hydroxylation is 1. The number of fused-ring (bicyclic) bond motifs is 1. The van der Waals surface area contributed by atoms with E-state index in [1.807, 2.05) is 54.1 Å². The van der Waals surface area contributed by atoms with Crippen molar-refractivity contribution >= 4 is 28.6 Å². The molecular weight excluding hydrogens is 354 g/mol. The van der Waals surface area contributed by atoms with Crippen LogP contribution in [-0.2, 0) is 11.8 Å². The van der Waals surface area contributed by atoms with Crippen LogP contribution in [-0.4, -0.2) is 60.2 Å². The Morgan fingerprint density at radius 2 is 1.79 bits per heavy atom. The number of amides is 1. The molecule has 0 radical (unpaired) electrons. The van der Waals surface area contributed by atoms with Crippen molar-refractivity contribution < 1.29 is 9.53 Å². The molecule has 1 aromatic heterocycles. The number of piperazine rings is 1. The zero-order chi connectivity index (χ0) is 19.5. The molecule has 1 aliphatic heterocycles. The van der Waals surface area contributed by atoms with E-state index in [1.54, 1.807) is 7.11 Å². The molecule has 7 heteroatoms. The van der Waals surface area contributed by atoms with Gasteiger partial charge < -0.3 is 14.2 Å². The van der Waals surface area contributed by atoms with Gasteiger partial charge in [0.2, 0.25) is 11.9 Å². The summed E-state index contributed by atoms with van der Waals surface area (Å²) in [6, 6.07) is 15.9. The molecule has 0 bridgehead atoms. The number of rotatable bonds is 5.